The number of rotatable bonds is 23. The number of halogens is 1. The third-order valence-corrected chi connectivity index (χ3v) is 24.4. The van der Waals surface area contributed by atoms with Crippen LogP contribution in [0.25, 0.3) is 0 Å². The van der Waals surface area contributed by atoms with Crippen molar-refractivity contribution in [2.24, 2.45) is 0 Å². The van der Waals surface area contributed by atoms with Gasteiger partial charge in [-0.3, -0.25) is 6.08 Å². The predicted molar refractivity (Wildman–Crippen MR) is 289 cm³/mol. The van der Waals surface area contributed by atoms with Gasteiger partial charge in [0, 0.05) is 13.2 Å². The van der Waals surface area contributed by atoms with Gasteiger partial charge in [0.15, 0.2) is 16.6 Å². The van der Waals surface area contributed by atoms with Crippen LogP contribution in [0, 0.1) is 14.0 Å². The minimum atomic E-state index is -1.56. The molecule has 0 bridgehead atoms. The Morgan fingerprint density at radius 2 is 0.932 bits per heavy atom. The molecule has 1 fully saturated rings. The molecule has 2 atom stereocenters. The summed E-state index contributed by atoms with van der Waals surface area (Å²) < 4.78 is 22.4. The first-order valence-electron chi connectivity index (χ1n) is 20.6. The molecular weight excluding hydrogens is 1070 g/mol. The van der Waals surface area contributed by atoms with E-state index in [4.69, 9.17) is 20.2 Å². The van der Waals surface area contributed by atoms with E-state index in [2.05, 4.69) is 125 Å². The molecule has 0 amide bonds. The van der Waals surface area contributed by atoms with Crippen LogP contribution in [0.3, 0.4) is 0 Å². The van der Waals surface area contributed by atoms with Crippen molar-refractivity contribution < 1.29 is 62.3 Å². The number of hydrogen-bond donors (Lipinski definition) is 0. The van der Waals surface area contributed by atoms with Crippen LogP contribution in [0.2, 0.25) is 57.5 Å². The molecule has 0 aromatic heterocycles. The fourth-order valence-electron chi connectivity index (χ4n) is 6.28. The monoisotopic (exact) mass is 1190 g/mol. The second-order valence-electron chi connectivity index (χ2n) is 17.2. The molecule has 59 heavy (non-hydrogen) atoms. The third-order valence-electron chi connectivity index (χ3n) is 8.79. The number of allylic oxidation sites excluding steroid dienone is 1. The minimum Gasteiger partial charge on any atom is 1.00 e. The van der Waals surface area contributed by atoms with Gasteiger partial charge in [-0.2, -0.15) is 0 Å². The second kappa shape index (κ2) is 61.0. The number of unbranched alkanes of at least 4 members (excludes halogenated alkanes) is 5. The van der Waals surface area contributed by atoms with Crippen molar-refractivity contribution >= 4 is 55.4 Å². The first kappa shape index (κ1) is 96.1. The maximum absolute atomic E-state index is 6.32. The SMILES string of the molecule is C.C.C.C.C.C.C/C=C/CC(C)(CCCC)O[Si](C)(C)C.C1CCOC1.CCC[CH2][Sn]([CH3])([CH2]CCC)[CH2]CCC.[CH-]=CCC(C)(CCCC)O[Si](C)(C)C.[CH3-].[Cu+].[Cu][I].[Li+]. The molecule has 374 valence electrons. The van der Waals surface area contributed by atoms with Gasteiger partial charge in [0.2, 0.25) is 0 Å². The average molecular weight is 1190 g/mol. The molecule has 10 heteroatoms. The fraction of sp³-hybridized carbons (Fsp3) is 0.898. The van der Waals surface area contributed by atoms with Crippen LogP contribution in [-0.4, -0.2) is 59.4 Å². The Bertz CT molecular complexity index is 741. The van der Waals surface area contributed by atoms with Gasteiger partial charge >= 0.3 is 165 Å². The van der Waals surface area contributed by atoms with E-state index in [0.717, 1.165) is 32.5 Å². The summed E-state index contributed by atoms with van der Waals surface area (Å²) in [4.78, 5) is 2.72. The summed E-state index contributed by atoms with van der Waals surface area (Å²) in [7, 11) is -2.88. The Balaban J connectivity index is -0.0000000421. The molecule has 0 spiro atoms. The number of ether oxygens (including phenoxy) is 1. The van der Waals surface area contributed by atoms with Crippen molar-refractivity contribution in [3.63, 3.8) is 0 Å². The summed E-state index contributed by atoms with van der Waals surface area (Å²) in [6.07, 6.45) is 26.6. The van der Waals surface area contributed by atoms with E-state index in [1.807, 2.05) is 0 Å². The standard InChI is InChI=1S/C13H28OSi.C12H25OSi.C4H8O.3C4H9.6CH4.2CH3.2Cu.HI.Li.Sn/c1-7-9-11-13(3,12-10-8-2)14-15(4,5)6;1-7-9-11-12(3,10-8-2)13-14(4,5)6;1-2-4-5-3-1;3*1-3-4-2;;;;;;;;;;;;;/h7,9H,8,10-12H2,1-6H3;2,8H,7,9-11H2,1,3-6H3;1-4H2;3*1,3-4H2,2H3;6*1H4;2*1H3;;;1H;;/q;-1;;;;;;;;;;;;-1;2*+1;;+1;/p-1/b9-7+;;;;;;;;;;;;;;;;;;. The topological polar surface area (TPSA) is 27.7 Å². The predicted octanol–water partition coefficient (Wildman–Crippen LogP) is 17.3. The van der Waals surface area contributed by atoms with E-state index in [1.54, 1.807) is 39.7 Å². The number of hydrogen-bond acceptors (Lipinski definition) is 3. The summed E-state index contributed by atoms with van der Waals surface area (Å²) in [5.74, 6) is 0. The van der Waals surface area contributed by atoms with Gasteiger partial charge in [0.25, 0.3) is 0 Å². The maximum atomic E-state index is 6.32. The van der Waals surface area contributed by atoms with Gasteiger partial charge in [-0.05, 0) is 98.6 Å². The normalized spacial score (nSPS) is 13.2. The molecule has 2 unspecified atom stereocenters. The summed E-state index contributed by atoms with van der Waals surface area (Å²) >= 11 is 4.31. The molecule has 0 aliphatic carbocycles. The molecule has 0 N–H and O–H groups in total. The smallest absolute Gasteiger partial charge is 1.00 e. The largest absolute Gasteiger partial charge is 1.00 e. The molecule has 1 aliphatic rings. The summed E-state index contributed by atoms with van der Waals surface area (Å²) in [6.45, 7) is 39.0. The van der Waals surface area contributed by atoms with E-state index < -0.39 is 35.0 Å². The van der Waals surface area contributed by atoms with Crippen LogP contribution in [0.15, 0.2) is 18.2 Å². The molecule has 0 aromatic rings. The van der Waals surface area contributed by atoms with Gasteiger partial charge in [0.1, 0.15) is 0 Å². The Hall–Kier alpha value is 2.96. The Morgan fingerprint density at radius 3 is 1.14 bits per heavy atom. The molecule has 1 saturated heterocycles. The second-order valence-corrected chi connectivity index (χ2v) is 40.7. The van der Waals surface area contributed by atoms with Gasteiger partial charge in [-0.25, -0.2) is 0 Å². The van der Waals surface area contributed by atoms with E-state index in [0.29, 0.717) is 0 Å². The van der Waals surface area contributed by atoms with Gasteiger partial charge in [0.05, 0.1) is 11.2 Å². The van der Waals surface area contributed by atoms with Crippen LogP contribution < -0.4 is 18.9 Å². The molecule has 1 rings (SSSR count). The van der Waals surface area contributed by atoms with Crippen molar-refractivity contribution in [3.05, 3.63) is 32.2 Å². The van der Waals surface area contributed by atoms with E-state index in [9.17, 15) is 0 Å². The van der Waals surface area contributed by atoms with Crippen LogP contribution in [0.1, 0.15) is 203 Å². The molecular formula is C49H118Cu2ILiO3Si2Sn. The summed E-state index contributed by atoms with van der Waals surface area (Å²) in [5.41, 5.74) is 0.0300. The van der Waals surface area contributed by atoms with Crippen LogP contribution in [0.4, 0.5) is 0 Å². The first-order valence-corrected chi connectivity index (χ1v) is 39.3. The first-order chi connectivity index (χ1) is 23.3. The average Bonchev–Trinajstić information content (AvgIpc) is 3.64. The van der Waals surface area contributed by atoms with E-state index in [-0.39, 0.29) is 99.1 Å². The summed E-state index contributed by atoms with van der Waals surface area (Å²) in [5, 5.41) is 0. The van der Waals surface area contributed by atoms with Crippen molar-refractivity contribution in [3.8, 4) is 0 Å². The Kier molecular flexibility index (Phi) is 99.2. The molecule has 1 aliphatic heterocycles. The zero-order valence-electron chi connectivity index (χ0n) is 38.9. The molecule has 0 saturated carbocycles. The van der Waals surface area contributed by atoms with Crippen molar-refractivity contribution in [2.45, 2.75) is 271 Å². The Labute approximate surface area is 430 Å². The van der Waals surface area contributed by atoms with Crippen LogP contribution in [0.5, 0.6) is 0 Å². The fourth-order valence-corrected chi connectivity index (χ4v) is 22.1. The molecule has 0 aromatic carbocycles. The summed E-state index contributed by atoms with van der Waals surface area (Å²) in [6, 6.07) is 0. The van der Waals surface area contributed by atoms with Crippen molar-refractivity contribution in [1.82, 2.24) is 0 Å². The van der Waals surface area contributed by atoms with Crippen LogP contribution in [-0.2, 0) is 43.4 Å². The minimum absolute atomic E-state index is 0. The molecule has 1 heterocycles. The Morgan fingerprint density at radius 1 is 0.644 bits per heavy atom. The van der Waals surface area contributed by atoms with Gasteiger partial charge in [-0.15, -0.1) is 0 Å². The molecule has 0 radical (unpaired) electrons. The zero-order chi connectivity index (χ0) is 39.6. The maximum Gasteiger partial charge on any atom is 1.00 e. The third kappa shape index (κ3) is 72.8. The molecule has 3 nitrogen and oxygen atoms in total. The van der Waals surface area contributed by atoms with Gasteiger partial charge in [-0.1, -0.05) is 96.2 Å². The van der Waals surface area contributed by atoms with E-state index in [1.165, 1.54) is 83.5 Å². The van der Waals surface area contributed by atoms with Crippen molar-refractivity contribution in [2.75, 3.05) is 13.2 Å². The van der Waals surface area contributed by atoms with Crippen LogP contribution >= 0.6 is 20.3 Å². The van der Waals surface area contributed by atoms with Crippen molar-refractivity contribution in [1.29, 1.82) is 0 Å². The quantitative estimate of drug-likeness (QED) is 0.0442. The van der Waals surface area contributed by atoms with Gasteiger partial charge < -0.3 is 27.6 Å². The zero-order valence-corrected chi connectivity index (χ0v) is 47.8. The van der Waals surface area contributed by atoms with E-state index >= 15 is 0 Å².